The number of alkyl halides is 3. The molecular formula is C13H20F3N3O. The van der Waals surface area contributed by atoms with Crippen LogP contribution in [0.3, 0.4) is 0 Å². The molecule has 1 heterocycles. The fourth-order valence-electron chi connectivity index (χ4n) is 1.99. The smallest absolute Gasteiger partial charge is 0.383 e. The highest BCUT2D eigenvalue weighted by Gasteiger charge is 2.32. The van der Waals surface area contributed by atoms with Crippen LogP contribution in [0.4, 0.5) is 24.8 Å². The van der Waals surface area contributed by atoms with Crippen LogP contribution in [0, 0.1) is 0 Å². The number of rotatable bonds is 6. The molecule has 20 heavy (non-hydrogen) atoms. The number of methoxy groups -OCH3 is 1. The molecule has 1 unspecified atom stereocenters. The summed E-state index contributed by atoms with van der Waals surface area (Å²) in [6.45, 7) is 4.71. The Morgan fingerprint density at radius 3 is 2.50 bits per heavy atom. The van der Waals surface area contributed by atoms with Gasteiger partial charge in [-0.15, -0.1) is 0 Å². The number of aromatic nitrogens is 1. The van der Waals surface area contributed by atoms with Gasteiger partial charge in [-0.3, -0.25) is 0 Å². The minimum atomic E-state index is -4.40. The summed E-state index contributed by atoms with van der Waals surface area (Å²) >= 11 is 0. The molecule has 1 atom stereocenters. The number of likely N-dealkylation sites (N-methyl/N-ethyl adjacent to an activating group) is 1. The summed E-state index contributed by atoms with van der Waals surface area (Å²) in [5.41, 5.74) is -0.713. The van der Waals surface area contributed by atoms with E-state index in [-0.39, 0.29) is 17.7 Å². The molecule has 0 aromatic carbocycles. The summed E-state index contributed by atoms with van der Waals surface area (Å²) in [5, 5.41) is 2.66. The van der Waals surface area contributed by atoms with Gasteiger partial charge in [-0.25, -0.2) is 4.98 Å². The number of ether oxygens (including phenoxy) is 1. The molecule has 0 saturated heterocycles. The summed E-state index contributed by atoms with van der Waals surface area (Å²) in [6.07, 6.45) is -4.40. The van der Waals surface area contributed by atoms with Gasteiger partial charge in [0, 0.05) is 20.7 Å². The van der Waals surface area contributed by atoms with Crippen LogP contribution >= 0.6 is 0 Å². The predicted octanol–water partition coefficient (Wildman–Crippen LogP) is 3.00. The molecule has 0 aliphatic rings. The number of pyridine rings is 1. The maximum atomic E-state index is 12.9. The third-order valence-electron chi connectivity index (χ3n) is 2.97. The zero-order valence-electron chi connectivity index (χ0n) is 12.1. The summed E-state index contributed by atoms with van der Waals surface area (Å²) in [4.78, 5) is 5.98. The molecule has 0 aliphatic carbocycles. The van der Waals surface area contributed by atoms with Crippen molar-refractivity contribution in [2.24, 2.45) is 0 Å². The van der Waals surface area contributed by atoms with Gasteiger partial charge in [0.15, 0.2) is 0 Å². The molecule has 0 radical (unpaired) electrons. The van der Waals surface area contributed by atoms with E-state index in [9.17, 15) is 13.2 Å². The zero-order chi connectivity index (χ0) is 15.3. The SMILES string of the molecule is CCN(c1cc(C(F)(F)F)cc(NC)n1)C(C)COC. The molecule has 0 spiro atoms. The topological polar surface area (TPSA) is 37.4 Å². The molecule has 1 aromatic heterocycles. The fourth-order valence-corrected chi connectivity index (χ4v) is 1.99. The summed E-state index contributed by atoms with van der Waals surface area (Å²) < 4.78 is 43.8. The Bertz CT molecular complexity index is 437. The minimum Gasteiger partial charge on any atom is -0.383 e. The first-order valence-electron chi connectivity index (χ1n) is 6.36. The van der Waals surface area contributed by atoms with Crippen LogP contribution in [0.15, 0.2) is 12.1 Å². The fraction of sp³-hybridized carbons (Fsp3) is 0.615. The Balaban J connectivity index is 3.21. The van der Waals surface area contributed by atoms with Crippen molar-refractivity contribution in [3.05, 3.63) is 17.7 Å². The van der Waals surface area contributed by atoms with Gasteiger partial charge in [0.05, 0.1) is 18.2 Å². The van der Waals surface area contributed by atoms with Gasteiger partial charge in [0.25, 0.3) is 0 Å². The van der Waals surface area contributed by atoms with Crippen LogP contribution in [0.1, 0.15) is 19.4 Å². The lowest BCUT2D eigenvalue weighted by Gasteiger charge is -2.29. The lowest BCUT2D eigenvalue weighted by molar-refractivity contribution is -0.137. The van der Waals surface area contributed by atoms with E-state index in [0.717, 1.165) is 12.1 Å². The molecule has 0 amide bonds. The van der Waals surface area contributed by atoms with Crippen molar-refractivity contribution in [1.29, 1.82) is 0 Å². The molecule has 0 bridgehead atoms. The van der Waals surface area contributed by atoms with Crippen LogP contribution in [0.25, 0.3) is 0 Å². The van der Waals surface area contributed by atoms with Crippen LogP contribution in [-0.4, -0.2) is 38.3 Å². The third kappa shape index (κ3) is 4.00. The largest absolute Gasteiger partial charge is 0.416 e. The third-order valence-corrected chi connectivity index (χ3v) is 2.97. The van der Waals surface area contributed by atoms with Gasteiger partial charge in [0.2, 0.25) is 0 Å². The van der Waals surface area contributed by atoms with Gasteiger partial charge < -0.3 is 15.0 Å². The first-order chi connectivity index (χ1) is 9.33. The maximum Gasteiger partial charge on any atom is 0.416 e. The monoisotopic (exact) mass is 291 g/mol. The van der Waals surface area contributed by atoms with Crippen molar-refractivity contribution in [2.45, 2.75) is 26.1 Å². The second-order valence-electron chi connectivity index (χ2n) is 4.44. The normalized spacial score (nSPS) is 13.2. The van der Waals surface area contributed by atoms with Crippen molar-refractivity contribution in [1.82, 2.24) is 4.98 Å². The van der Waals surface area contributed by atoms with E-state index >= 15 is 0 Å². The Kier molecular flexibility index (Phi) is 5.62. The molecule has 1 N–H and O–H groups in total. The molecule has 114 valence electrons. The average molecular weight is 291 g/mol. The standard InChI is InChI=1S/C13H20F3N3O/c1-5-19(9(2)8-20-4)12-7-10(13(14,15)16)6-11(17-3)18-12/h6-7,9H,5,8H2,1-4H3,(H,17,18). The minimum absolute atomic E-state index is 0.0642. The van der Waals surface area contributed by atoms with E-state index in [1.54, 1.807) is 19.1 Å². The Morgan fingerprint density at radius 1 is 1.40 bits per heavy atom. The van der Waals surface area contributed by atoms with E-state index in [2.05, 4.69) is 10.3 Å². The zero-order valence-corrected chi connectivity index (χ0v) is 12.1. The van der Waals surface area contributed by atoms with E-state index in [0.29, 0.717) is 13.2 Å². The van der Waals surface area contributed by atoms with E-state index in [1.165, 1.54) is 0 Å². The summed E-state index contributed by atoms with van der Waals surface area (Å²) in [5.74, 6) is 0.481. The first-order valence-corrected chi connectivity index (χ1v) is 6.36. The number of hydrogen-bond acceptors (Lipinski definition) is 4. The van der Waals surface area contributed by atoms with Gasteiger partial charge in [0.1, 0.15) is 11.6 Å². The second kappa shape index (κ2) is 6.78. The molecule has 1 rings (SSSR count). The van der Waals surface area contributed by atoms with Crippen molar-refractivity contribution in [3.8, 4) is 0 Å². The Labute approximate surface area is 116 Å². The Morgan fingerprint density at radius 2 is 2.05 bits per heavy atom. The summed E-state index contributed by atoms with van der Waals surface area (Å²) in [7, 11) is 3.10. The van der Waals surface area contributed by atoms with Crippen molar-refractivity contribution < 1.29 is 17.9 Å². The van der Waals surface area contributed by atoms with E-state index in [1.807, 2.05) is 13.8 Å². The van der Waals surface area contributed by atoms with Gasteiger partial charge >= 0.3 is 6.18 Å². The maximum absolute atomic E-state index is 12.9. The molecule has 0 saturated carbocycles. The number of nitrogens with zero attached hydrogens (tertiary/aromatic N) is 2. The highest BCUT2D eigenvalue weighted by atomic mass is 19.4. The van der Waals surface area contributed by atoms with Crippen molar-refractivity contribution in [2.75, 3.05) is 37.5 Å². The molecule has 0 aliphatic heterocycles. The molecule has 1 aromatic rings. The van der Waals surface area contributed by atoms with Crippen molar-refractivity contribution >= 4 is 11.6 Å². The first kappa shape index (κ1) is 16.6. The predicted molar refractivity (Wildman–Crippen MR) is 73.1 cm³/mol. The van der Waals surface area contributed by atoms with Gasteiger partial charge in [-0.05, 0) is 26.0 Å². The number of hydrogen-bond donors (Lipinski definition) is 1. The van der Waals surface area contributed by atoms with Gasteiger partial charge in [-0.1, -0.05) is 0 Å². The molecule has 4 nitrogen and oxygen atoms in total. The van der Waals surface area contributed by atoms with Gasteiger partial charge in [-0.2, -0.15) is 13.2 Å². The van der Waals surface area contributed by atoms with E-state index in [4.69, 9.17) is 4.74 Å². The second-order valence-corrected chi connectivity index (χ2v) is 4.44. The average Bonchev–Trinajstić information content (AvgIpc) is 2.38. The summed E-state index contributed by atoms with van der Waals surface area (Å²) in [6, 6.07) is 2.00. The van der Waals surface area contributed by atoms with Crippen LogP contribution in [0.2, 0.25) is 0 Å². The highest BCUT2D eigenvalue weighted by Crippen LogP contribution is 2.33. The number of nitrogens with one attached hydrogen (secondary N) is 1. The van der Waals surface area contributed by atoms with Crippen LogP contribution in [0.5, 0.6) is 0 Å². The van der Waals surface area contributed by atoms with Crippen LogP contribution < -0.4 is 10.2 Å². The van der Waals surface area contributed by atoms with Crippen molar-refractivity contribution in [3.63, 3.8) is 0 Å². The Hall–Kier alpha value is -1.50. The quantitative estimate of drug-likeness (QED) is 0.874. The lowest BCUT2D eigenvalue weighted by Crippen LogP contribution is -2.37. The number of halogens is 3. The molecular weight excluding hydrogens is 271 g/mol. The van der Waals surface area contributed by atoms with Crippen LogP contribution in [-0.2, 0) is 10.9 Å². The molecule has 0 fully saturated rings. The highest BCUT2D eigenvalue weighted by molar-refractivity contribution is 5.51. The molecule has 7 heteroatoms. The number of anilines is 2. The lowest BCUT2D eigenvalue weighted by atomic mass is 10.2. The van der Waals surface area contributed by atoms with E-state index < -0.39 is 11.7 Å².